The third-order valence-corrected chi connectivity index (χ3v) is 5.91. The Morgan fingerprint density at radius 3 is 2.88 bits per heavy atom. The van der Waals surface area contributed by atoms with Gasteiger partial charge < -0.3 is 14.7 Å². The molecule has 0 saturated carbocycles. The van der Waals surface area contributed by atoms with Crippen LogP contribution in [0.4, 0.5) is 0 Å². The molecule has 1 unspecified atom stereocenters. The Morgan fingerprint density at radius 2 is 2.19 bits per heavy atom. The second-order valence-corrected chi connectivity index (χ2v) is 7.91. The van der Waals surface area contributed by atoms with Crippen molar-refractivity contribution in [1.29, 1.82) is 0 Å². The van der Waals surface area contributed by atoms with Crippen LogP contribution in [0.15, 0.2) is 30.3 Å². The molecule has 3 rings (SSSR count). The molecule has 1 aliphatic rings. The first-order chi connectivity index (χ1) is 12.5. The maximum absolute atomic E-state index is 11.3. The van der Waals surface area contributed by atoms with E-state index in [0.29, 0.717) is 12.4 Å². The van der Waals surface area contributed by atoms with Crippen LogP contribution >= 0.6 is 11.8 Å². The fourth-order valence-corrected chi connectivity index (χ4v) is 4.46. The fourth-order valence-electron chi connectivity index (χ4n) is 3.04. The second kappa shape index (κ2) is 8.24. The van der Waals surface area contributed by atoms with Crippen molar-refractivity contribution in [3.63, 3.8) is 0 Å². The number of likely N-dealkylation sites (N-methyl/N-ethyl adjacent to an activating group) is 1. The molecule has 1 aliphatic heterocycles. The number of nitrogens with zero attached hydrogens (tertiary/aromatic N) is 3. The SMILES string of the molecule is CN(C)CCCOc1ccc2nc(C3SC[C@H](C(=O)O)N3C)ccc2c1. The number of aromatic nitrogens is 1. The van der Waals surface area contributed by atoms with E-state index in [9.17, 15) is 9.90 Å². The van der Waals surface area contributed by atoms with Crippen LogP contribution in [0, 0.1) is 0 Å². The van der Waals surface area contributed by atoms with Gasteiger partial charge in [-0.25, -0.2) is 0 Å². The third kappa shape index (κ3) is 4.28. The molecule has 0 amide bonds. The highest BCUT2D eigenvalue weighted by atomic mass is 32.2. The van der Waals surface area contributed by atoms with Gasteiger partial charge in [-0.15, -0.1) is 11.8 Å². The van der Waals surface area contributed by atoms with E-state index in [1.165, 1.54) is 0 Å². The van der Waals surface area contributed by atoms with Gasteiger partial charge in [-0.05, 0) is 51.8 Å². The minimum Gasteiger partial charge on any atom is -0.494 e. The molecule has 1 aromatic carbocycles. The van der Waals surface area contributed by atoms with Crippen LogP contribution in [0.2, 0.25) is 0 Å². The van der Waals surface area contributed by atoms with Crippen molar-refractivity contribution in [2.45, 2.75) is 17.8 Å². The zero-order valence-electron chi connectivity index (χ0n) is 15.4. The van der Waals surface area contributed by atoms with Crippen LogP contribution in [0.1, 0.15) is 17.5 Å². The number of carboxylic acids is 1. The predicted molar refractivity (Wildman–Crippen MR) is 105 cm³/mol. The van der Waals surface area contributed by atoms with E-state index in [1.54, 1.807) is 11.8 Å². The zero-order chi connectivity index (χ0) is 18.7. The van der Waals surface area contributed by atoms with E-state index < -0.39 is 12.0 Å². The van der Waals surface area contributed by atoms with Crippen molar-refractivity contribution in [3.8, 4) is 5.75 Å². The quantitative estimate of drug-likeness (QED) is 0.746. The summed E-state index contributed by atoms with van der Waals surface area (Å²) in [5.41, 5.74) is 1.80. The summed E-state index contributed by atoms with van der Waals surface area (Å²) in [5, 5.41) is 10.3. The minimum absolute atomic E-state index is 0.0255. The van der Waals surface area contributed by atoms with Crippen molar-refractivity contribution in [1.82, 2.24) is 14.8 Å². The number of carboxylic acid groups (broad SMARTS) is 1. The first kappa shape index (κ1) is 18.9. The molecule has 26 heavy (non-hydrogen) atoms. The number of fused-ring (bicyclic) bond motifs is 1. The number of hydrogen-bond acceptors (Lipinski definition) is 6. The maximum atomic E-state index is 11.3. The molecule has 0 aliphatic carbocycles. The number of aliphatic carboxylic acids is 1. The van der Waals surface area contributed by atoms with Gasteiger partial charge in [0.15, 0.2) is 0 Å². The molecule has 0 bridgehead atoms. The van der Waals surface area contributed by atoms with Crippen molar-refractivity contribution in [2.24, 2.45) is 0 Å². The predicted octanol–water partition coefficient (Wildman–Crippen LogP) is 2.70. The Morgan fingerprint density at radius 1 is 1.38 bits per heavy atom. The summed E-state index contributed by atoms with van der Waals surface area (Å²) in [4.78, 5) is 20.1. The molecule has 2 atom stereocenters. The summed E-state index contributed by atoms with van der Waals surface area (Å²) in [5.74, 6) is 0.652. The zero-order valence-corrected chi connectivity index (χ0v) is 16.2. The van der Waals surface area contributed by atoms with Crippen LogP contribution in [-0.2, 0) is 4.79 Å². The van der Waals surface area contributed by atoms with E-state index in [4.69, 9.17) is 9.72 Å². The summed E-state index contributed by atoms with van der Waals surface area (Å²) in [7, 11) is 5.95. The lowest BCUT2D eigenvalue weighted by molar-refractivity contribution is -0.141. The summed E-state index contributed by atoms with van der Waals surface area (Å²) in [6.45, 7) is 1.69. The van der Waals surface area contributed by atoms with Gasteiger partial charge >= 0.3 is 5.97 Å². The number of thioether (sulfide) groups is 1. The molecule has 1 N–H and O–H groups in total. The van der Waals surface area contributed by atoms with E-state index in [2.05, 4.69) is 19.0 Å². The van der Waals surface area contributed by atoms with Crippen LogP contribution in [0.5, 0.6) is 5.75 Å². The van der Waals surface area contributed by atoms with E-state index in [-0.39, 0.29) is 5.37 Å². The third-order valence-electron chi connectivity index (χ3n) is 4.51. The van der Waals surface area contributed by atoms with Gasteiger partial charge in [0.1, 0.15) is 11.8 Å². The molecule has 6 nitrogen and oxygen atoms in total. The van der Waals surface area contributed by atoms with Crippen molar-refractivity contribution >= 4 is 28.6 Å². The van der Waals surface area contributed by atoms with Gasteiger partial charge in [0.05, 0.1) is 23.2 Å². The van der Waals surface area contributed by atoms with Crippen LogP contribution in [0.3, 0.4) is 0 Å². The molecule has 1 saturated heterocycles. The lowest BCUT2D eigenvalue weighted by atomic mass is 10.2. The van der Waals surface area contributed by atoms with E-state index in [0.717, 1.165) is 35.3 Å². The number of rotatable bonds is 7. The largest absolute Gasteiger partial charge is 0.494 e. The lowest BCUT2D eigenvalue weighted by Crippen LogP contribution is -2.35. The Hall–Kier alpha value is -1.83. The molecule has 0 radical (unpaired) electrons. The van der Waals surface area contributed by atoms with Crippen LogP contribution < -0.4 is 4.74 Å². The van der Waals surface area contributed by atoms with Crippen LogP contribution in [-0.4, -0.2) is 71.9 Å². The Labute approximate surface area is 158 Å². The normalized spacial score (nSPS) is 20.8. The van der Waals surface area contributed by atoms with Crippen LogP contribution in [0.25, 0.3) is 10.9 Å². The molecule has 2 aromatic rings. The number of carbonyl (C=O) groups is 1. The van der Waals surface area contributed by atoms with Crippen molar-refractivity contribution in [2.75, 3.05) is 40.0 Å². The molecule has 1 fully saturated rings. The topological polar surface area (TPSA) is 65.9 Å². The molecule has 2 heterocycles. The first-order valence-corrected chi connectivity index (χ1v) is 9.75. The summed E-state index contributed by atoms with van der Waals surface area (Å²) in [6.07, 6.45) is 0.984. The minimum atomic E-state index is -0.778. The van der Waals surface area contributed by atoms with E-state index >= 15 is 0 Å². The number of hydrogen-bond donors (Lipinski definition) is 1. The number of benzene rings is 1. The number of pyridine rings is 1. The maximum Gasteiger partial charge on any atom is 0.321 e. The molecular weight excluding hydrogens is 350 g/mol. The van der Waals surface area contributed by atoms with E-state index in [1.807, 2.05) is 42.3 Å². The highest BCUT2D eigenvalue weighted by molar-refractivity contribution is 7.99. The summed E-state index contributed by atoms with van der Waals surface area (Å²) < 4.78 is 5.82. The average molecular weight is 375 g/mol. The Bertz CT molecular complexity index is 784. The van der Waals surface area contributed by atoms with Gasteiger partial charge in [0, 0.05) is 17.7 Å². The molecule has 140 valence electrons. The monoisotopic (exact) mass is 375 g/mol. The Kier molecular flexibility index (Phi) is 6.01. The second-order valence-electron chi connectivity index (χ2n) is 6.80. The molecule has 7 heteroatoms. The fraction of sp³-hybridized carbons (Fsp3) is 0.474. The Balaban J connectivity index is 1.70. The molecular formula is C19H25N3O3S. The van der Waals surface area contributed by atoms with Gasteiger partial charge in [-0.2, -0.15) is 0 Å². The van der Waals surface area contributed by atoms with Gasteiger partial charge in [0.2, 0.25) is 0 Å². The smallest absolute Gasteiger partial charge is 0.321 e. The standard InChI is InChI=1S/C19H25N3O3S/c1-21(2)9-4-10-25-14-6-8-15-13(11-14)5-7-16(20-15)18-22(3)17(12-26-18)19(23)24/h5-8,11,17-18H,4,9-10,12H2,1-3H3,(H,23,24)/t17-,18?/m1/s1. The first-order valence-electron chi connectivity index (χ1n) is 8.70. The highest BCUT2D eigenvalue weighted by Gasteiger charge is 2.37. The molecule has 1 aromatic heterocycles. The number of ether oxygens (including phenoxy) is 1. The van der Waals surface area contributed by atoms with Crippen molar-refractivity contribution < 1.29 is 14.6 Å². The lowest BCUT2D eigenvalue weighted by Gasteiger charge is -2.21. The summed E-state index contributed by atoms with van der Waals surface area (Å²) >= 11 is 1.62. The van der Waals surface area contributed by atoms with Gasteiger partial charge in [-0.3, -0.25) is 14.7 Å². The highest BCUT2D eigenvalue weighted by Crippen LogP contribution is 2.39. The molecule has 0 spiro atoms. The van der Waals surface area contributed by atoms with Gasteiger partial charge in [0.25, 0.3) is 0 Å². The van der Waals surface area contributed by atoms with Gasteiger partial charge in [-0.1, -0.05) is 6.07 Å². The van der Waals surface area contributed by atoms with Crippen molar-refractivity contribution in [3.05, 3.63) is 36.0 Å². The summed E-state index contributed by atoms with van der Waals surface area (Å²) in [6, 6.07) is 9.48. The average Bonchev–Trinajstić information content (AvgIpc) is 3.00.